The largest absolute Gasteiger partial charge is 0.248 e. The molecular weight excluding hydrogens is 314 g/mol. The van der Waals surface area contributed by atoms with Gasteiger partial charge in [0.15, 0.2) is 0 Å². The Hall–Kier alpha value is -3.45. The summed E-state index contributed by atoms with van der Waals surface area (Å²) in [5.74, 6) is 0. The minimum Gasteiger partial charge on any atom is -0.248 e. The Morgan fingerprint density at radius 2 is 1.15 bits per heavy atom. The minimum absolute atomic E-state index is 1.01. The lowest BCUT2D eigenvalue weighted by molar-refractivity contribution is 1.40. The monoisotopic (exact) mass is 331 g/mol. The molecule has 0 atom stereocenters. The van der Waals surface area contributed by atoms with Crippen LogP contribution in [0, 0.1) is 0 Å². The minimum atomic E-state index is 1.01. The van der Waals surface area contributed by atoms with Crippen LogP contribution in [-0.4, -0.2) is 4.98 Å². The zero-order chi connectivity index (χ0) is 17.3. The lowest BCUT2D eigenvalue weighted by Gasteiger charge is -2.09. The van der Waals surface area contributed by atoms with Gasteiger partial charge in [0, 0.05) is 10.9 Å². The van der Waals surface area contributed by atoms with E-state index in [-0.39, 0.29) is 0 Å². The van der Waals surface area contributed by atoms with Crippen LogP contribution >= 0.6 is 0 Å². The highest BCUT2D eigenvalue weighted by Crippen LogP contribution is 2.30. The third-order valence-electron chi connectivity index (χ3n) is 4.87. The van der Waals surface area contributed by atoms with E-state index in [1.165, 1.54) is 27.3 Å². The molecule has 0 unspecified atom stereocenters. The fourth-order valence-electron chi connectivity index (χ4n) is 3.51. The van der Waals surface area contributed by atoms with Crippen LogP contribution in [0.2, 0.25) is 0 Å². The molecule has 0 aliphatic rings. The molecule has 0 radical (unpaired) electrons. The molecule has 0 N–H and O–H groups in total. The van der Waals surface area contributed by atoms with Gasteiger partial charge >= 0.3 is 0 Å². The van der Waals surface area contributed by atoms with Crippen LogP contribution < -0.4 is 0 Å². The fraction of sp³-hybridized carbons (Fsp3) is 0. The zero-order valence-electron chi connectivity index (χ0n) is 14.3. The number of pyridine rings is 1. The SMILES string of the molecule is c1ccc(-c2ccc3ccc4nc(-c5ccccc5)ccc4c3c2)cc1. The van der Waals surface area contributed by atoms with Crippen LogP contribution in [0.1, 0.15) is 0 Å². The summed E-state index contributed by atoms with van der Waals surface area (Å²) in [4.78, 5) is 4.90. The smallest absolute Gasteiger partial charge is 0.0715 e. The topological polar surface area (TPSA) is 12.9 Å². The predicted molar refractivity (Wildman–Crippen MR) is 110 cm³/mol. The summed E-state index contributed by atoms with van der Waals surface area (Å²) in [5.41, 5.74) is 5.66. The summed E-state index contributed by atoms with van der Waals surface area (Å²) in [6, 6.07) is 36.1. The second kappa shape index (κ2) is 6.12. The van der Waals surface area contributed by atoms with Crippen molar-refractivity contribution in [3.63, 3.8) is 0 Å². The van der Waals surface area contributed by atoms with E-state index in [1.54, 1.807) is 0 Å². The standard InChI is InChI=1S/C25H17N/c1-3-7-18(8-4-1)21-12-11-19-13-15-25-22(23(19)17-21)14-16-24(26-25)20-9-5-2-6-10-20/h1-17H. The maximum Gasteiger partial charge on any atom is 0.0715 e. The number of rotatable bonds is 2. The third kappa shape index (κ3) is 2.55. The molecule has 1 heteroatoms. The Morgan fingerprint density at radius 3 is 1.92 bits per heavy atom. The van der Waals surface area contributed by atoms with Crippen molar-refractivity contribution in [2.45, 2.75) is 0 Å². The van der Waals surface area contributed by atoms with Gasteiger partial charge in [-0.3, -0.25) is 0 Å². The van der Waals surface area contributed by atoms with Crippen LogP contribution in [0.15, 0.2) is 103 Å². The first kappa shape index (κ1) is 14.9. The van der Waals surface area contributed by atoms with Crippen LogP contribution in [0.4, 0.5) is 0 Å². The molecule has 0 aliphatic carbocycles. The van der Waals surface area contributed by atoms with Crippen molar-refractivity contribution >= 4 is 21.7 Å². The Kier molecular flexibility index (Phi) is 3.50. The fourth-order valence-corrected chi connectivity index (χ4v) is 3.51. The van der Waals surface area contributed by atoms with E-state index < -0.39 is 0 Å². The van der Waals surface area contributed by atoms with Gasteiger partial charge in [0.05, 0.1) is 11.2 Å². The Labute approximate surface area is 152 Å². The molecule has 1 heterocycles. The molecule has 0 aliphatic heterocycles. The quantitative estimate of drug-likeness (QED) is 0.327. The molecule has 0 bridgehead atoms. The predicted octanol–water partition coefficient (Wildman–Crippen LogP) is 6.72. The van der Waals surface area contributed by atoms with Crippen molar-refractivity contribution in [3.05, 3.63) is 103 Å². The normalized spacial score (nSPS) is 11.1. The van der Waals surface area contributed by atoms with E-state index in [0.717, 1.165) is 16.8 Å². The average Bonchev–Trinajstić information content (AvgIpc) is 2.74. The molecule has 4 aromatic carbocycles. The first-order chi connectivity index (χ1) is 12.9. The molecule has 122 valence electrons. The lowest BCUT2D eigenvalue weighted by Crippen LogP contribution is -1.87. The van der Waals surface area contributed by atoms with Crippen LogP contribution in [-0.2, 0) is 0 Å². The molecule has 0 saturated carbocycles. The van der Waals surface area contributed by atoms with Gasteiger partial charge in [-0.2, -0.15) is 0 Å². The van der Waals surface area contributed by atoms with Gasteiger partial charge in [-0.25, -0.2) is 4.98 Å². The van der Waals surface area contributed by atoms with Crippen molar-refractivity contribution in [2.75, 3.05) is 0 Å². The zero-order valence-corrected chi connectivity index (χ0v) is 14.3. The average molecular weight is 331 g/mol. The van der Waals surface area contributed by atoms with Gasteiger partial charge in [0.1, 0.15) is 0 Å². The Morgan fingerprint density at radius 1 is 0.462 bits per heavy atom. The molecule has 0 amide bonds. The molecule has 0 spiro atoms. The van der Waals surface area contributed by atoms with Crippen LogP contribution in [0.25, 0.3) is 44.1 Å². The Balaban J connectivity index is 1.71. The number of nitrogens with zero attached hydrogens (tertiary/aromatic N) is 1. The highest BCUT2D eigenvalue weighted by Gasteiger charge is 2.06. The van der Waals surface area contributed by atoms with E-state index in [4.69, 9.17) is 4.98 Å². The van der Waals surface area contributed by atoms with Crippen molar-refractivity contribution in [1.82, 2.24) is 4.98 Å². The first-order valence-corrected chi connectivity index (χ1v) is 8.83. The maximum atomic E-state index is 4.90. The summed E-state index contributed by atoms with van der Waals surface area (Å²) in [6.07, 6.45) is 0. The van der Waals surface area contributed by atoms with E-state index in [9.17, 15) is 0 Å². The van der Waals surface area contributed by atoms with E-state index >= 15 is 0 Å². The van der Waals surface area contributed by atoms with Gasteiger partial charge < -0.3 is 0 Å². The van der Waals surface area contributed by atoms with Crippen molar-refractivity contribution < 1.29 is 0 Å². The molecule has 1 aromatic heterocycles. The number of hydrogen-bond donors (Lipinski definition) is 0. The number of fused-ring (bicyclic) bond motifs is 3. The van der Waals surface area contributed by atoms with Gasteiger partial charge in [0.25, 0.3) is 0 Å². The van der Waals surface area contributed by atoms with E-state index in [2.05, 4.69) is 84.9 Å². The summed E-state index contributed by atoms with van der Waals surface area (Å²) in [5, 5.41) is 3.68. The van der Waals surface area contributed by atoms with Crippen molar-refractivity contribution in [1.29, 1.82) is 0 Å². The third-order valence-corrected chi connectivity index (χ3v) is 4.87. The molecule has 0 fully saturated rings. The number of aromatic nitrogens is 1. The van der Waals surface area contributed by atoms with Gasteiger partial charge in [-0.05, 0) is 40.1 Å². The second-order valence-electron chi connectivity index (χ2n) is 6.50. The lowest BCUT2D eigenvalue weighted by atomic mass is 9.98. The van der Waals surface area contributed by atoms with Gasteiger partial charge in [-0.1, -0.05) is 84.9 Å². The summed E-state index contributed by atoms with van der Waals surface area (Å²) in [6.45, 7) is 0. The molecule has 1 nitrogen and oxygen atoms in total. The second-order valence-corrected chi connectivity index (χ2v) is 6.50. The molecule has 0 saturated heterocycles. The molecule has 5 rings (SSSR count). The molecular formula is C25H17N. The molecule has 26 heavy (non-hydrogen) atoms. The van der Waals surface area contributed by atoms with Crippen molar-refractivity contribution in [3.8, 4) is 22.4 Å². The highest BCUT2D eigenvalue weighted by atomic mass is 14.7. The number of hydrogen-bond acceptors (Lipinski definition) is 1. The summed E-state index contributed by atoms with van der Waals surface area (Å²) >= 11 is 0. The number of benzene rings is 4. The Bertz CT molecular complexity index is 1210. The van der Waals surface area contributed by atoms with Gasteiger partial charge in [0.2, 0.25) is 0 Å². The highest BCUT2D eigenvalue weighted by molar-refractivity contribution is 6.07. The van der Waals surface area contributed by atoms with Crippen LogP contribution in [0.5, 0.6) is 0 Å². The van der Waals surface area contributed by atoms with Gasteiger partial charge in [-0.15, -0.1) is 0 Å². The van der Waals surface area contributed by atoms with E-state index in [0.29, 0.717) is 0 Å². The first-order valence-electron chi connectivity index (χ1n) is 8.83. The van der Waals surface area contributed by atoms with Crippen LogP contribution in [0.3, 0.4) is 0 Å². The maximum absolute atomic E-state index is 4.90. The van der Waals surface area contributed by atoms with Crippen molar-refractivity contribution in [2.24, 2.45) is 0 Å². The summed E-state index contributed by atoms with van der Waals surface area (Å²) in [7, 11) is 0. The summed E-state index contributed by atoms with van der Waals surface area (Å²) < 4.78 is 0. The van der Waals surface area contributed by atoms with E-state index in [1.807, 2.05) is 18.2 Å². The molecule has 5 aromatic rings.